The molecule has 2 heterocycles. The Morgan fingerprint density at radius 2 is 1.47 bits per heavy atom. The van der Waals surface area contributed by atoms with Crippen molar-refractivity contribution < 1.29 is 18.8 Å². The number of anilines is 1. The molecule has 2 aromatic heterocycles. The molecule has 0 atom stereocenters. The Morgan fingerprint density at radius 1 is 0.875 bits per heavy atom. The highest BCUT2D eigenvalue weighted by atomic mass is 32.1. The maximum atomic E-state index is 13.6. The van der Waals surface area contributed by atoms with E-state index in [1.807, 2.05) is 0 Å². The van der Waals surface area contributed by atoms with Gasteiger partial charge in [-0.2, -0.15) is 0 Å². The van der Waals surface area contributed by atoms with Crippen LogP contribution in [0.3, 0.4) is 0 Å². The van der Waals surface area contributed by atoms with E-state index in [-0.39, 0.29) is 17.4 Å². The number of carbonyl (C=O) groups is 3. The molecule has 3 amide bonds. The molecule has 1 aromatic carbocycles. The van der Waals surface area contributed by atoms with Crippen LogP contribution in [0.1, 0.15) is 38.1 Å². The number of aromatic nitrogens is 1. The second-order valence-electron chi connectivity index (χ2n) is 7.87. The molecule has 166 valence electrons. The van der Waals surface area contributed by atoms with Gasteiger partial charge < -0.3 is 5.32 Å². The number of nitrogens with one attached hydrogen (secondary N) is 2. The summed E-state index contributed by atoms with van der Waals surface area (Å²) >= 11 is 1.22. The molecular weight excluding hydrogens is 429 g/mol. The Hall–Kier alpha value is -3.39. The van der Waals surface area contributed by atoms with Crippen LogP contribution in [0, 0.1) is 17.7 Å². The van der Waals surface area contributed by atoms with Crippen molar-refractivity contribution in [3.8, 4) is 21.6 Å². The number of benzene rings is 1. The molecule has 6 nitrogen and oxygen atoms in total. The molecule has 0 saturated heterocycles. The van der Waals surface area contributed by atoms with Crippen LogP contribution in [-0.4, -0.2) is 22.7 Å². The summed E-state index contributed by atoms with van der Waals surface area (Å²) in [4.78, 5) is 42.8. The highest BCUT2D eigenvalue weighted by Crippen LogP contribution is 2.46. The second-order valence-corrected chi connectivity index (χ2v) is 8.89. The highest BCUT2D eigenvalue weighted by Gasteiger charge is 2.28. The summed E-state index contributed by atoms with van der Waals surface area (Å²) in [6, 6.07) is 9.31. The maximum Gasteiger partial charge on any atom is 0.261 e. The summed E-state index contributed by atoms with van der Waals surface area (Å²) in [5.74, 6) is -2.45. The van der Waals surface area contributed by atoms with Crippen LogP contribution in [0.25, 0.3) is 21.6 Å². The average Bonchev–Trinajstić information content (AvgIpc) is 3.13. The number of amides is 3. The lowest BCUT2D eigenvalue weighted by atomic mass is 9.97. The standard InChI is InChI=1S/C24H24FN3O3S/c1-13(2)21(29)27-23(31)19-18(15-5-7-17(25)8-6-15)20(16-9-11-26-12-10-16)32-24(19)28-22(30)14(3)4/h5-14H,1-4H3,(H,28,30)(H,27,29,31). The number of hydrogen-bond acceptors (Lipinski definition) is 5. The summed E-state index contributed by atoms with van der Waals surface area (Å²) in [5.41, 5.74) is 2.03. The molecule has 0 aliphatic heterocycles. The van der Waals surface area contributed by atoms with Crippen molar-refractivity contribution in [3.63, 3.8) is 0 Å². The lowest BCUT2D eigenvalue weighted by molar-refractivity contribution is -0.123. The van der Waals surface area contributed by atoms with Gasteiger partial charge in [0.05, 0.1) is 5.56 Å². The molecule has 0 radical (unpaired) electrons. The van der Waals surface area contributed by atoms with E-state index >= 15 is 0 Å². The fourth-order valence-electron chi connectivity index (χ4n) is 2.91. The van der Waals surface area contributed by atoms with Crippen molar-refractivity contribution in [3.05, 3.63) is 60.2 Å². The summed E-state index contributed by atoms with van der Waals surface area (Å²) in [6.45, 7) is 6.85. The fourth-order valence-corrected chi connectivity index (χ4v) is 4.14. The SMILES string of the molecule is CC(C)C(=O)NC(=O)c1c(NC(=O)C(C)C)sc(-c2ccncc2)c1-c1ccc(F)cc1. The number of nitrogens with zero attached hydrogens (tertiary/aromatic N) is 1. The van der Waals surface area contributed by atoms with E-state index in [1.165, 1.54) is 23.5 Å². The first-order valence-electron chi connectivity index (χ1n) is 10.2. The smallest absolute Gasteiger partial charge is 0.261 e. The molecule has 0 aliphatic carbocycles. The number of imide groups is 1. The third-order valence-electron chi connectivity index (χ3n) is 4.73. The largest absolute Gasteiger partial charge is 0.317 e. The van der Waals surface area contributed by atoms with Gasteiger partial charge in [-0.15, -0.1) is 11.3 Å². The minimum Gasteiger partial charge on any atom is -0.317 e. The molecular formula is C24H24FN3O3S. The highest BCUT2D eigenvalue weighted by molar-refractivity contribution is 7.20. The van der Waals surface area contributed by atoms with E-state index in [4.69, 9.17) is 0 Å². The van der Waals surface area contributed by atoms with Crippen molar-refractivity contribution >= 4 is 34.1 Å². The molecule has 32 heavy (non-hydrogen) atoms. The lowest BCUT2D eigenvalue weighted by Gasteiger charge is -2.12. The average molecular weight is 454 g/mol. The number of halogens is 1. The van der Waals surface area contributed by atoms with Crippen molar-refractivity contribution in [1.82, 2.24) is 10.3 Å². The van der Waals surface area contributed by atoms with Gasteiger partial charge in [0, 0.05) is 34.7 Å². The number of hydrogen-bond donors (Lipinski definition) is 2. The van der Waals surface area contributed by atoms with Gasteiger partial charge >= 0.3 is 0 Å². The predicted octanol–water partition coefficient (Wildman–Crippen LogP) is 5.12. The first-order chi connectivity index (χ1) is 15.2. The fraction of sp³-hybridized carbons (Fsp3) is 0.250. The Balaban J connectivity index is 2.27. The summed E-state index contributed by atoms with van der Waals surface area (Å²) in [5, 5.41) is 5.56. The lowest BCUT2D eigenvalue weighted by Crippen LogP contribution is -2.34. The van der Waals surface area contributed by atoms with Gasteiger partial charge in [-0.3, -0.25) is 24.7 Å². The van der Waals surface area contributed by atoms with E-state index in [0.717, 1.165) is 5.56 Å². The van der Waals surface area contributed by atoms with Gasteiger partial charge in [-0.05, 0) is 35.4 Å². The number of rotatable bonds is 6. The van der Waals surface area contributed by atoms with E-state index < -0.39 is 23.5 Å². The Morgan fingerprint density at radius 3 is 2.03 bits per heavy atom. The summed E-state index contributed by atoms with van der Waals surface area (Å²) < 4.78 is 13.6. The van der Waals surface area contributed by atoms with E-state index in [0.29, 0.717) is 21.0 Å². The van der Waals surface area contributed by atoms with E-state index in [2.05, 4.69) is 15.6 Å². The molecule has 0 spiro atoms. The first-order valence-corrected chi connectivity index (χ1v) is 11.0. The molecule has 8 heteroatoms. The van der Waals surface area contributed by atoms with Crippen molar-refractivity contribution in [2.45, 2.75) is 27.7 Å². The van der Waals surface area contributed by atoms with Crippen molar-refractivity contribution in [1.29, 1.82) is 0 Å². The van der Waals surface area contributed by atoms with Crippen LogP contribution < -0.4 is 10.6 Å². The molecule has 0 fully saturated rings. The molecule has 3 aromatic rings. The maximum absolute atomic E-state index is 13.6. The van der Waals surface area contributed by atoms with Gasteiger partial charge in [-0.25, -0.2) is 4.39 Å². The monoisotopic (exact) mass is 453 g/mol. The normalized spacial score (nSPS) is 11.0. The Kier molecular flexibility index (Phi) is 7.15. The third-order valence-corrected chi connectivity index (χ3v) is 5.89. The summed E-state index contributed by atoms with van der Waals surface area (Å²) in [6.07, 6.45) is 3.25. The van der Waals surface area contributed by atoms with Crippen molar-refractivity contribution in [2.24, 2.45) is 11.8 Å². The first kappa shape index (κ1) is 23.3. The third kappa shape index (κ3) is 5.08. The Bertz CT molecular complexity index is 1140. The minimum atomic E-state index is -0.626. The number of thiophene rings is 1. The molecule has 2 N–H and O–H groups in total. The summed E-state index contributed by atoms with van der Waals surface area (Å²) in [7, 11) is 0. The minimum absolute atomic E-state index is 0.163. The topological polar surface area (TPSA) is 88.2 Å². The van der Waals surface area contributed by atoms with Crippen LogP contribution in [0.4, 0.5) is 9.39 Å². The zero-order chi connectivity index (χ0) is 23.4. The van der Waals surface area contributed by atoms with Crippen LogP contribution in [0.15, 0.2) is 48.8 Å². The van der Waals surface area contributed by atoms with Gasteiger partial charge in [0.1, 0.15) is 10.8 Å². The predicted molar refractivity (Wildman–Crippen MR) is 124 cm³/mol. The number of carbonyl (C=O) groups excluding carboxylic acids is 3. The zero-order valence-electron chi connectivity index (χ0n) is 18.2. The van der Waals surface area contributed by atoms with Gasteiger partial charge in [-0.1, -0.05) is 39.8 Å². The van der Waals surface area contributed by atoms with Gasteiger partial charge in [0.15, 0.2) is 0 Å². The van der Waals surface area contributed by atoms with Gasteiger partial charge in [0.2, 0.25) is 11.8 Å². The Labute approximate surface area is 189 Å². The molecule has 0 aliphatic rings. The van der Waals surface area contributed by atoms with Crippen LogP contribution >= 0.6 is 11.3 Å². The van der Waals surface area contributed by atoms with Crippen LogP contribution in [0.5, 0.6) is 0 Å². The number of pyridine rings is 1. The van der Waals surface area contributed by atoms with Crippen molar-refractivity contribution in [2.75, 3.05) is 5.32 Å². The quantitative estimate of drug-likeness (QED) is 0.542. The van der Waals surface area contributed by atoms with Crippen LogP contribution in [0.2, 0.25) is 0 Å². The van der Waals surface area contributed by atoms with Gasteiger partial charge in [0.25, 0.3) is 5.91 Å². The second kappa shape index (κ2) is 9.82. The zero-order valence-corrected chi connectivity index (χ0v) is 19.0. The molecule has 0 saturated carbocycles. The van der Waals surface area contributed by atoms with Crippen LogP contribution in [-0.2, 0) is 9.59 Å². The molecule has 3 rings (SSSR count). The molecule has 0 bridgehead atoms. The van der Waals surface area contributed by atoms with E-state index in [1.54, 1.807) is 64.4 Å². The van der Waals surface area contributed by atoms with E-state index in [9.17, 15) is 18.8 Å². The molecule has 0 unspecified atom stereocenters.